The van der Waals surface area contributed by atoms with Crippen LogP contribution in [0.5, 0.6) is 0 Å². The molecule has 4 aromatic rings. The number of hydrogen-bond donors (Lipinski definition) is 6. The first-order chi connectivity index (χ1) is 28.4. The normalized spacial score (nSPS) is 15.3. The van der Waals surface area contributed by atoms with Crippen molar-refractivity contribution in [3.05, 3.63) is 132 Å². The van der Waals surface area contributed by atoms with Crippen LogP contribution in [0.3, 0.4) is 0 Å². The molecule has 2 amide bonds. The molecule has 0 fully saturated rings. The van der Waals surface area contributed by atoms with Gasteiger partial charge in [-0.25, -0.2) is 0 Å². The summed E-state index contributed by atoms with van der Waals surface area (Å²) >= 11 is 0. The summed E-state index contributed by atoms with van der Waals surface area (Å²) in [5.74, 6) is -2.60. The molecule has 0 saturated heterocycles. The predicted molar refractivity (Wildman–Crippen MR) is 229 cm³/mol. The summed E-state index contributed by atoms with van der Waals surface area (Å²) in [6, 6.07) is 23.1. The van der Waals surface area contributed by atoms with Crippen molar-refractivity contribution in [3.63, 3.8) is 0 Å². The molecule has 2 heterocycles. The Bertz CT molecular complexity index is 2000. The maximum atomic E-state index is 14.1. The molecule has 2 aromatic carbocycles. The first-order valence-corrected chi connectivity index (χ1v) is 22.6. The first kappa shape index (κ1) is 48.0. The third-order valence-electron chi connectivity index (χ3n) is 9.92. The van der Waals surface area contributed by atoms with Gasteiger partial charge in [-0.15, -0.1) is 0 Å². The average Bonchev–Trinajstić information content (AvgIpc) is 3.22. The highest BCUT2D eigenvalue weighted by molar-refractivity contribution is 7.87. The van der Waals surface area contributed by atoms with E-state index in [9.17, 15) is 36.6 Å². The van der Waals surface area contributed by atoms with Crippen molar-refractivity contribution in [1.29, 1.82) is 0 Å². The number of rotatable bonds is 23. The van der Waals surface area contributed by atoms with E-state index in [4.69, 9.17) is 0 Å². The van der Waals surface area contributed by atoms with E-state index in [0.717, 1.165) is 8.61 Å². The number of carbonyl (C=O) groups excluding carboxylic acids is 2. The van der Waals surface area contributed by atoms with Crippen LogP contribution in [0.2, 0.25) is 0 Å². The van der Waals surface area contributed by atoms with E-state index in [1.165, 1.54) is 14.1 Å². The first-order valence-electron chi connectivity index (χ1n) is 19.7. The Kier molecular flexibility index (Phi) is 17.8. The summed E-state index contributed by atoms with van der Waals surface area (Å²) in [7, 11) is -5.72. The van der Waals surface area contributed by atoms with Crippen LogP contribution in [0.1, 0.15) is 50.2 Å². The zero-order chi connectivity index (χ0) is 44.0. The zero-order valence-corrected chi connectivity index (χ0v) is 36.4. The van der Waals surface area contributed by atoms with Gasteiger partial charge >= 0.3 is 0 Å². The topological polar surface area (TPSA) is 223 Å². The smallest absolute Gasteiger partial charge is 0.280 e. The molecule has 0 aliphatic carbocycles. The van der Waals surface area contributed by atoms with E-state index in [2.05, 4.69) is 30.0 Å². The van der Waals surface area contributed by atoms with Crippen LogP contribution in [0.4, 0.5) is 0 Å². The number of aromatic nitrogens is 2. The van der Waals surface area contributed by atoms with Gasteiger partial charge in [0.1, 0.15) is 24.3 Å². The molecule has 0 radical (unpaired) electrons. The molecule has 0 spiro atoms. The van der Waals surface area contributed by atoms with Crippen LogP contribution >= 0.6 is 0 Å². The Hall–Kier alpha value is -4.66. The van der Waals surface area contributed by atoms with Gasteiger partial charge in [0.2, 0.25) is 11.8 Å². The number of aliphatic hydroxyl groups is 2. The van der Waals surface area contributed by atoms with Gasteiger partial charge in [-0.1, -0.05) is 100 Å². The number of pyridine rings is 2. The maximum absolute atomic E-state index is 14.1. The van der Waals surface area contributed by atoms with Gasteiger partial charge in [0.25, 0.3) is 20.4 Å². The van der Waals surface area contributed by atoms with Crippen molar-refractivity contribution < 1.29 is 36.6 Å². The van der Waals surface area contributed by atoms with E-state index in [-0.39, 0.29) is 25.9 Å². The van der Waals surface area contributed by atoms with Crippen molar-refractivity contribution in [3.8, 4) is 0 Å². The molecule has 0 unspecified atom stereocenters. The minimum atomic E-state index is -4.22. The molecule has 0 aliphatic rings. The van der Waals surface area contributed by atoms with E-state index < -0.39 is 80.4 Å². The fourth-order valence-corrected chi connectivity index (χ4v) is 8.73. The second-order valence-corrected chi connectivity index (χ2v) is 19.1. The lowest BCUT2D eigenvalue weighted by atomic mass is 9.90. The second-order valence-electron chi connectivity index (χ2n) is 15.4. The number of amides is 2. The van der Waals surface area contributed by atoms with Gasteiger partial charge in [0.05, 0.1) is 36.6 Å². The zero-order valence-electron chi connectivity index (χ0n) is 34.8. The average molecular weight is 867 g/mol. The van der Waals surface area contributed by atoms with Crippen LogP contribution in [0.25, 0.3) is 0 Å². The SMILES string of the molecule is CC(C)[C@H](NS(=O)(=O)N(C)Cc1ccccn1)C(=O)N[C@@H](Cc1ccccc1)[C@H](O)[C@@H](O)[C@H](Cc1ccccc1)NC(=O)[C@@H](NS(=O)(=O)N(C)Cc1ccccn1)C(C)C. The van der Waals surface area contributed by atoms with E-state index in [1.54, 1.807) is 137 Å². The van der Waals surface area contributed by atoms with Crippen LogP contribution in [0.15, 0.2) is 109 Å². The van der Waals surface area contributed by atoms with Gasteiger partial charge in [-0.2, -0.15) is 34.9 Å². The maximum Gasteiger partial charge on any atom is 0.280 e. The number of nitrogens with zero attached hydrogens (tertiary/aromatic N) is 4. The molecule has 2 aromatic heterocycles. The lowest BCUT2D eigenvalue weighted by molar-refractivity contribution is -0.129. The summed E-state index contributed by atoms with van der Waals surface area (Å²) in [4.78, 5) is 36.5. The predicted octanol–water partition coefficient (Wildman–Crippen LogP) is 1.94. The van der Waals surface area contributed by atoms with E-state index in [0.29, 0.717) is 22.5 Å². The molecule has 60 heavy (non-hydrogen) atoms. The van der Waals surface area contributed by atoms with Gasteiger partial charge < -0.3 is 20.8 Å². The summed E-state index contributed by atoms with van der Waals surface area (Å²) in [6.45, 7) is 6.57. The standard InChI is InChI=1S/C42H58N8O8S2/c1-29(2)37(47-59(55,56)49(5)27-33-21-13-15-23-43-33)41(53)45-35(25-31-17-9-7-10-18-31)39(51)40(52)36(26-32-19-11-8-12-20-32)46-42(54)38(30(3)4)48-60(57,58)50(6)28-34-22-14-16-24-44-34/h7-24,29-30,35-40,47-48,51-52H,25-28H2,1-6H3,(H,45,53)(H,46,54)/t35-,36-,37-,38-,39-,40-/m0/s1. The molecule has 326 valence electrons. The summed E-state index contributed by atoms with van der Waals surface area (Å²) in [5.41, 5.74) is 2.38. The highest BCUT2D eigenvalue weighted by Crippen LogP contribution is 2.18. The fourth-order valence-electron chi connectivity index (χ4n) is 6.37. The third-order valence-corrected chi connectivity index (χ3v) is 12.9. The molecule has 6 N–H and O–H groups in total. The minimum absolute atomic E-state index is 0.0188. The Balaban J connectivity index is 1.60. The fraction of sp³-hybridized carbons (Fsp3) is 0.429. The van der Waals surface area contributed by atoms with Crippen LogP contribution in [-0.4, -0.2) is 108 Å². The van der Waals surface area contributed by atoms with Crippen molar-refractivity contribution in [2.24, 2.45) is 11.8 Å². The monoisotopic (exact) mass is 866 g/mol. The van der Waals surface area contributed by atoms with Crippen molar-refractivity contribution in [2.45, 2.75) is 90.0 Å². The van der Waals surface area contributed by atoms with Crippen LogP contribution in [0, 0.1) is 11.8 Å². The third kappa shape index (κ3) is 14.2. The van der Waals surface area contributed by atoms with Crippen molar-refractivity contribution in [2.75, 3.05) is 14.1 Å². The molecule has 6 atom stereocenters. The lowest BCUT2D eigenvalue weighted by Gasteiger charge is -2.35. The summed E-state index contributed by atoms with van der Waals surface area (Å²) in [5, 5.41) is 29.6. The van der Waals surface area contributed by atoms with Crippen molar-refractivity contribution >= 4 is 32.2 Å². The second kappa shape index (κ2) is 22.3. The molecule has 0 aliphatic heterocycles. The molecular weight excluding hydrogens is 809 g/mol. The van der Waals surface area contributed by atoms with Gasteiger partial charge in [0.15, 0.2) is 0 Å². The highest BCUT2D eigenvalue weighted by Gasteiger charge is 2.39. The Morgan fingerprint density at radius 2 is 0.900 bits per heavy atom. The largest absolute Gasteiger partial charge is 0.388 e. The molecule has 18 heteroatoms. The van der Waals surface area contributed by atoms with Crippen LogP contribution in [-0.2, 0) is 55.9 Å². The van der Waals surface area contributed by atoms with E-state index >= 15 is 0 Å². The minimum Gasteiger partial charge on any atom is -0.388 e. The number of benzene rings is 2. The Morgan fingerprint density at radius 1 is 0.567 bits per heavy atom. The lowest BCUT2D eigenvalue weighted by Crippen LogP contribution is -2.62. The number of hydrogen-bond acceptors (Lipinski definition) is 10. The van der Waals surface area contributed by atoms with Crippen molar-refractivity contribution in [1.82, 2.24) is 38.7 Å². The highest BCUT2D eigenvalue weighted by atomic mass is 32.2. The number of carbonyl (C=O) groups is 2. The molecule has 0 saturated carbocycles. The number of aliphatic hydroxyl groups excluding tert-OH is 2. The molecule has 16 nitrogen and oxygen atoms in total. The van der Waals surface area contributed by atoms with Gasteiger partial charge in [-0.3, -0.25) is 19.6 Å². The number of nitrogens with one attached hydrogen (secondary N) is 4. The van der Waals surface area contributed by atoms with E-state index in [1.807, 2.05) is 0 Å². The Labute approximate surface area is 354 Å². The molecule has 0 bridgehead atoms. The van der Waals surface area contributed by atoms with Crippen LogP contribution < -0.4 is 20.1 Å². The molecule has 4 rings (SSSR count). The summed E-state index contributed by atoms with van der Waals surface area (Å²) < 4.78 is 61.0. The van der Waals surface area contributed by atoms with Gasteiger partial charge in [0, 0.05) is 26.5 Å². The molecular formula is C42H58N8O8S2. The summed E-state index contributed by atoms with van der Waals surface area (Å²) in [6.07, 6.45) is -0.317. The quantitative estimate of drug-likeness (QED) is 0.0636. The Morgan fingerprint density at radius 3 is 1.20 bits per heavy atom. The van der Waals surface area contributed by atoms with Gasteiger partial charge in [-0.05, 0) is 60.1 Å².